The second kappa shape index (κ2) is 5.85. The van der Waals surface area contributed by atoms with Gasteiger partial charge in [-0.2, -0.15) is 0 Å². The van der Waals surface area contributed by atoms with Crippen LogP contribution in [0.25, 0.3) is 0 Å². The molecule has 1 aromatic rings. The van der Waals surface area contributed by atoms with Crippen LogP contribution in [0.15, 0.2) is 12.1 Å². The van der Waals surface area contributed by atoms with Gasteiger partial charge in [0.2, 0.25) is 0 Å². The molecule has 0 amide bonds. The Morgan fingerprint density at radius 1 is 1.22 bits per heavy atom. The zero-order valence-corrected chi connectivity index (χ0v) is 12.0. The summed E-state index contributed by atoms with van der Waals surface area (Å²) in [6.45, 7) is 11.0. The molecule has 1 heterocycles. The molecule has 1 aliphatic rings. The van der Waals surface area contributed by atoms with Crippen molar-refractivity contribution in [1.82, 2.24) is 4.90 Å². The summed E-state index contributed by atoms with van der Waals surface area (Å²) < 4.78 is 0. The quantitative estimate of drug-likeness (QED) is 0.888. The first-order chi connectivity index (χ1) is 8.60. The van der Waals surface area contributed by atoms with E-state index in [1.807, 2.05) is 0 Å². The van der Waals surface area contributed by atoms with Crippen LogP contribution in [0, 0.1) is 26.7 Å². The lowest BCUT2D eigenvalue weighted by Crippen LogP contribution is -2.38. The lowest BCUT2D eigenvalue weighted by molar-refractivity contribution is 0.170. The zero-order valence-electron chi connectivity index (χ0n) is 12.0. The molecule has 2 N–H and O–H groups in total. The van der Waals surface area contributed by atoms with Crippen molar-refractivity contribution < 1.29 is 0 Å². The van der Waals surface area contributed by atoms with Crippen molar-refractivity contribution in [3.8, 4) is 0 Å². The van der Waals surface area contributed by atoms with Crippen LogP contribution >= 0.6 is 0 Å². The minimum absolute atomic E-state index is 0.699. The monoisotopic (exact) mass is 246 g/mol. The topological polar surface area (TPSA) is 29.3 Å². The third kappa shape index (κ3) is 3.12. The molecule has 1 aliphatic heterocycles. The Labute approximate surface area is 111 Å². The molecule has 1 unspecified atom stereocenters. The van der Waals surface area contributed by atoms with E-state index in [1.165, 1.54) is 48.2 Å². The maximum absolute atomic E-state index is 5.81. The molecule has 0 radical (unpaired) electrons. The highest BCUT2D eigenvalue weighted by atomic mass is 15.1. The number of hydrogen-bond donors (Lipinski definition) is 1. The van der Waals surface area contributed by atoms with Gasteiger partial charge in [0.05, 0.1) is 0 Å². The third-order valence-corrected chi connectivity index (χ3v) is 4.16. The third-order valence-electron chi connectivity index (χ3n) is 4.16. The Kier molecular flexibility index (Phi) is 4.41. The summed E-state index contributed by atoms with van der Waals surface area (Å²) in [5.41, 5.74) is 11.6. The van der Waals surface area contributed by atoms with Crippen LogP contribution in [0.5, 0.6) is 0 Å². The molecule has 1 fully saturated rings. The van der Waals surface area contributed by atoms with Gasteiger partial charge in [0.25, 0.3) is 0 Å². The number of nitrogens with zero attached hydrogens (tertiary/aromatic N) is 1. The summed E-state index contributed by atoms with van der Waals surface area (Å²) >= 11 is 0. The molecule has 100 valence electrons. The molecule has 0 aliphatic carbocycles. The van der Waals surface area contributed by atoms with Crippen molar-refractivity contribution in [2.45, 2.75) is 40.2 Å². The van der Waals surface area contributed by atoms with E-state index in [9.17, 15) is 0 Å². The first kappa shape index (κ1) is 13.6. The van der Waals surface area contributed by atoms with Gasteiger partial charge < -0.3 is 5.73 Å². The standard InChI is InChI=1S/C16H26N2/c1-12-7-13(2)16(14(3)8-12)11-18-6-4-5-15(9-17)10-18/h7-8,15H,4-6,9-11,17H2,1-3H3. The summed E-state index contributed by atoms with van der Waals surface area (Å²) in [6.07, 6.45) is 2.60. The predicted molar refractivity (Wildman–Crippen MR) is 77.7 cm³/mol. The van der Waals surface area contributed by atoms with Gasteiger partial charge in [-0.15, -0.1) is 0 Å². The summed E-state index contributed by atoms with van der Waals surface area (Å²) in [5.74, 6) is 0.699. The summed E-state index contributed by atoms with van der Waals surface area (Å²) in [4.78, 5) is 2.58. The second-order valence-corrected chi connectivity index (χ2v) is 5.86. The molecular weight excluding hydrogens is 220 g/mol. The van der Waals surface area contributed by atoms with Crippen LogP contribution < -0.4 is 5.73 Å². The number of nitrogens with two attached hydrogens (primary N) is 1. The smallest absolute Gasteiger partial charge is 0.0239 e. The van der Waals surface area contributed by atoms with Crippen molar-refractivity contribution in [3.63, 3.8) is 0 Å². The fourth-order valence-corrected chi connectivity index (χ4v) is 3.17. The first-order valence-corrected chi connectivity index (χ1v) is 7.09. The van der Waals surface area contributed by atoms with Crippen molar-refractivity contribution in [3.05, 3.63) is 34.4 Å². The normalized spacial score (nSPS) is 21.2. The van der Waals surface area contributed by atoms with Crippen molar-refractivity contribution >= 4 is 0 Å². The first-order valence-electron chi connectivity index (χ1n) is 7.09. The summed E-state index contributed by atoms with van der Waals surface area (Å²) in [7, 11) is 0. The van der Waals surface area contributed by atoms with E-state index in [1.54, 1.807) is 0 Å². The van der Waals surface area contributed by atoms with E-state index in [-0.39, 0.29) is 0 Å². The molecule has 2 rings (SSSR count). The molecule has 1 saturated heterocycles. The van der Waals surface area contributed by atoms with Gasteiger partial charge in [-0.05, 0) is 69.3 Å². The SMILES string of the molecule is Cc1cc(C)c(CN2CCCC(CN)C2)c(C)c1. The Morgan fingerprint density at radius 3 is 2.50 bits per heavy atom. The maximum Gasteiger partial charge on any atom is 0.0239 e. The minimum atomic E-state index is 0.699. The van der Waals surface area contributed by atoms with Crippen LogP contribution in [0.2, 0.25) is 0 Å². The van der Waals surface area contributed by atoms with Gasteiger partial charge in [0.1, 0.15) is 0 Å². The highest BCUT2D eigenvalue weighted by molar-refractivity contribution is 5.37. The van der Waals surface area contributed by atoms with Gasteiger partial charge >= 0.3 is 0 Å². The number of likely N-dealkylation sites (tertiary alicyclic amines) is 1. The van der Waals surface area contributed by atoms with Gasteiger partial charge in [-0.25, -0.2) is 0 Å². The van der Waals surface area contributed by atoms with Gasteiger partial charge in [-0.3, -0.25) is 4.90 Å². The van der Waals surface area contributed by atoms with Gasteiger partial charge in [0, 0.05) is 13.1 Å². The molecule has 2 nitrogen and oxygen atoms in total. The van der Waals surface area contributed by atoms with E-state index in [0.29, 0.717) is 5.92 Å². The molecule has 1 atom stereocenters. The van der Waals surface area contributed by atoms with E-state index in [4.69, 9.17) is 5.73 Å². The lowest BCUT2D eigenvalue weighted by atomic mass is 9.95. The Hall–Kier alpha value is -0.860. The fourth-order valence-electron chi connectivity index (χ4n) is 3.17. The number of benzene rings is 1. The number of hydrogen-bond acceptors (Lipinski definition) is 2. The van der Waals surface area contributed by atoms with Crippen LogP contribution in [0.4, 0.5) is 0 Å². The molecule has 0 saturated carbocycles. The summed E-state index contributed by atoms with van der Waals surface area (Å²) in [6, 6.07) is 4.60. The number of rotatable bonds is 3. The van der Waals surface area contributed by atoms with Gasteiger partial charge in [0.15, 0.2) is 0 Å². The average molecular weight is 246 g/mol. The van der Waals surface area contributed by atoms with Crippen molar-refractivity contribution in [1.29, 1.82) is 0 Å². The second-order valence-electron chi connectivity index (χ2n) is 5.86. The summed E-state index contributed by atoms with van der Waals surface area (Å²) in [5, 5.41) is 0. The molecule has 0 aromatic heterocycles. The van der Waals surface area contributed by atoms with Crippen molar-refractivity contribution in [2.75, 3.05) is 19.6 Å². The fraction of sp³-hybridized carbons (Fsp3) is 0.625. The molecule has 0 bridgehead atoms. The highest BCUT2D eigenvalue weighted by Crippen LogP contribution is 2.22. The van der Waals surface area contributed by atoms with Crippen LogP contribution in [0.1, 0.15) is 35.1 Å². The molecule has 2 heteroatoms. The molecule has 18 heavy (non-hydrogen) atoms. The van der Waals surface area contributed by atoms with Crippen LogP contribution in [-0.4, -0.2) is 24.5 Å². The van der Waals surface area contributed by atoms with Crippen molar-refractivity contribution in [2.24, 2.45) is 11.7 Å². The lowest BCUT2D eigenvalue weighted by Gasteiger charge is -2.33. The maximum atomic E-state index is 5.81. The van der Waals surface area contributed by atoms with E-state index in [2.05, 4.69) is 37.8 Å². The van der Waals surface area contributed by atoms with Gasteiger partial charge in [-0.1, -0.05) is 17.7 Å². The average Bonchev–Trinajstić information content (AvgIpc) is 2.34. The number of piperidine rings is 1. The Bertz CT molecular complexity index is 389. The molecule has 1 aromatic carbocycles. The Morgan fingerprint density at radius 2 is 1.89 bits per heavy atom. The molecule has 0 spiro atoms. The highest BCUT2D eigenvalue weighted by Gasteiger charge is 2.19. The van der Waals surface area contributed by atoms with E-state index in [0.717, 1.165) is 13.1 Å². The zero-order chi connectivity index (χ0) is 13.1. The minimum Gasteiger partial charge on any atom is -0.330 e. The predicted octanol–water partition coefficient (Wildman–Crippen LogP) is 2.78. The largest absolute Gasteiger partial charge is 0.330 e. The van der Waals surface area contributed by atoms with E-state index >= 15 is 0 Å². The number of aryl methyl sites for hydroxylation is 3. The van der Waals surface area contributed by atoms with Crippen LogP contribution in [0.3, 0.4) is 0 Å². The molecular formula is C16H26N2. The Balaban J connectivity index is 2.09. The van der Waals surface area contributed by atoms with E-state index < -0.39 is 0 Å². The van der Waals surface area contributed by atoms with Crippen LogP contribution in [-0.2, 0) is 6.54 Å².